The van der Waals surface area contributed by atoms with Gasteiger partial charge in [-0.1, -0.05) is 6.07 Å². The van der Waals surface area contributed by atoms with E-state index in [-0.39, 0.29) is 30.1 Å². The first kappa shape index (κ1) is 22.0. The fourth-order valence-corrected chi connectivity index (χ4v) is 3.40. The lowest BCUT2D eigenvalue weighted by molar-refractivity contribution is -0.125. The Morgan fingerprint density at radius 2 is 1.60 bits per heavy atom. The van der Waals surface area contributed by atoms with E-state index in [2.05, 4.69) is 10.3 Å². The van der Waals surface area contributed by atoms with Gasteiger partial charge in [-0.25, -0.2) is 14.6 Å². The van der Waals surface area contributed by atoms with Crippen molar-refractivity contribution in [1.82, 2.24) is 10.3 Å². The first-order valence-corrected chi connectivity index (χ1v) is 9.97. The van der Waals surface area contributed by atoms with Gasteiger partial charge < -0.3 is 19.5 Å². The topological polar surface area (TPSA) is 107 Å². The van der Waals surface area contributed by atoms with E-state index in [4.69, 9.17) is 14.2 Å². The highest BCUT2D eigenvalue weighted by Crippen LogP contribution is 2.35. The normalized spacial score (nSPS) is 21.1. The minimum Gasteiger partial charge on any atom is -0.443 e. The molecule has 1 fully saturated rings. The molecule has 0 aliphatic carbocycles. The molecule has 2 atom stereocenters. The number of nitrogens with zero attached hydrogens (tertiary/aromatic N) is 2. The van der Waals surface area contributed by atoms with Crippen LogP contribution in [0.25, 0.3) is 0 Å². The number of carbonyl (C=O) groups is 3. The Balaban J connectivity index is 1.98. The molecule has 3 heterocycles. The Labute approximate surface area is 176 Å². The van der Waals surface area contributed by atoms with Gasteiger partial charge in [0.2, 0.25) is 5.91 Å². The van der Waals surface area contributed by atoms with Gasteiger partial charge in [-0.2, -0.15) is 4.90 Å². The molecule has 9 nitrogen and oxygen atoms in total. The lowest BCUT2D eigenvalue weighted by Gasteiger charge is -2.28. The van der Waals surface area contributed by atoms with Gasteiger partial charge in [0, 0.05) is 5.92 Å². The maximum absolute atomic E-state index is 12.8. The monoisotopic (exact) mass is 419 g/mol. The van der Waals surface area contributed by atoms with Crippen LogP contribution >= 0.6 is 0 Å². The second-order valence-electron chi connectivity index (χ2n) is 9.47. The summed E-state index contributed by atoms with van der Waals surface area (Å²) >= 11 is 0. The molecular formula is C21H29N3O6. The zero-order valence-corrected chi connectivity index (χ0v) is 18.3. The number of ether oxygens (including phenoxy) is 3. The number of hydrogen-bond donors (Lipinski definition) is 1. The average molecular weight is 419 g/mol. The molecule has 0 spiro atoms. The van der Waals surface area contributed by atoms with Gasteiger partial charge in [0.25, 0.3) is 0 Å². The number of anilines is 1. The second kappa shape index (κ2) is 7.86. The summed E-state index contributed by atoms with van der Waals surface area (Å²) in [6, 6.07) is 3.35. The van der Waals surface area contributed by atoms with E-state index in [0.717, 1.165) is 10.5 Å². The van der Waals surface area contributed by atoms with E-state index in [1.54, 1.807) is 53.7 Å². The summed E-state index contributed by atoms with van der Waals surface area (Å²) in [7, 11) is 0. The molecule has 1 saturated heterocycles. The van der Waals surface area contributed by atoms with Crippen molar-refractivity contribution in [1.29, 1.82) is 0 Å². The van der Waals surface area contributed by atoms with Crippen molar-refractivity contribution in [3.05, 3.63) is 23.4 Å². The highest BCUT2D eigenvalue weighted by atomic mass is 16.6. The zero-order valence-electron chi connectivity index (χ0n) is 18.3. The third-order valence-corrected chi connectivity index (χ3v) is 4.62. The van der Waals surface area contributed by atoms with Crippen molar-refractivity contribution in [2.24, 2.45) is 5.92 Å². The average Bonchev–Trinajstić information content (AvgIpc) is 3.01. The highest BCUT2D eigenvalue weighted by molar-refractivity contribution is 6.08. The zero-order chi connectivity index (χ0) is 22.3. The van der Waals surface area contributed by atoms with Crippen molar-refractivity contribution in [3.63, 3.8) is 0 Å². The third kappa shape index (κ3) is 4.89. The molecule has 2 aliphatic heterocycles. The molecule has 9 heteroatoms. The Bertz CT molecular complexity index is 827. The number of pyridine rings is 1. The van der Waals surface area contributed by atoms with Crippen molar-refractivity contribution in [2.75, 3.05) is 18.1 Å². The minimum atomic E-state index is -0.885. The quantitative estimate of drug-likeness (QED) is 0.745. The van der Waals surface area contributed by atoms with Gasteiger partial charge in [0.05, 0.1) is 31.4 Å². The molecule has 1 aromatic rings. The van der Waals surface area contributed by atoms with Crippen LogP contribution in [0.15, 0.2) is 12.1 Å². The number of nitrogens with one attached hydrogen (secondary N) is 1. The summed E-state index contributed by atoms with van der Waals surface area (Å²) in [4.78, 5) is 43.3. The molecule has 2 aliphatic rings. The summed E-state index contributed by atoms with van der Waals surface area (Å²) in [5.41, 5.74) is -0.180. The van der Waals surface area contributed by atoms with Crippen molar-refractivity contribution >= 4 is 23.9 Å². The summed E-state index contributed by atoms with van der Waals surface area (Å²) in [5.74, 6) is -0.399. The van der Waals surface area contributed by atoms with Crippen LogP contribution in [-0.4, -0.2) is 47.5 Å². The largest absolute Gasteiger partial charge is 0.443 e. The van der Waals surface area contributed by atoms with Gasteiger partial charge in [-0.15, -0.1) is 0 Å². The van der Waals surface area contributed by atoms with Crippen LogP contribution in [-0.2, 0) is 25.5 Å². The van der Waals surface area contributed by atoms with E-state index in [9.17, 15) is 14.4 Å². The summed E-state index contributed by atoms with van der Waals surface area (Å²) in [6.45, 7) is 11.2. The Kier molecular flexibility index (Phi) is 5.77. The Hall–Kier alpha value is -2.68. The van der Waals surface area contributed by atoms with Crippen molar-refractivity contribution < 1.29 is 28.6 Å². The molecule has 1 aromatic heterocycles. The molecule has 164 valence electrons. The van der Waals surface area contributed by atoms with Gasteiger partial charge in [-0.05, 0) is 53.2 Å². The lowest BCUT2D eigenvalue weighted by Crippen LogP contribution is -2.44. The van der Waals surface area contributed by atoms with E-state index < -0.39 is 23.4 Å². The molecule has 2 unspecified atom stereocenters. The van der Waals surface area contributed by atoms with Crippen LogP contribution in [0.3, 0.4) is 0 Å². The van der Waals surface area contributed by atoms with Crippen LogP contribution < -0.4 is 10.2 Å². The fraction of sp³-hybridized carbons (Fsp3) is 0.619. The fourth-order valence-electron chi connectivity index (χ4n) is 3.40. The van der Waals surface area contributed by atoms with Crippen LogP contribution in [0.4, 0.5) is 15.4 Å². The molecule has 0 saturated carbocycles. The van der Waals surface area contributed by atoms with E-state index >= 15 is 0 Å². The molecule has 0 aromatic carbocycles. The number of hydrogen-bond acceptors (Lipinski definition) is 7. The number of carbonyl (C=O) groups excluding carboxylic acids is 3. The van der Waals surface area contributed by atoms with E-state index in [1.165, 1.54) is 0 Å². The summed E-state index contributed by atoms with van der Waals surface area (Å²) in [6.07, 6.45) is -1.77. The smallest absolute Gasteiger partial charge is 0.425 e. The van der Waals surface area contributed by atoms with Crippen molar-refractivity contribution in [2.45, 2.75) is 65.2 Å². The van der Waals surface area contributed by atoms with Gasteiger partial charge in [0.15, 0.2) is 0 Å². The third-order valence-electron chi connectivity index (χ3n) is 4.62. The van der Waals surface area contributed by atoms with Crippen LogP contribution in [0.5, 0.6) is 0 Å². The highest BCUT2D eigenvalue weighted by Gasteiger charge is 2.40. The second-order valence-corrected chi connectivity index (χ2v) is 9.47. The molecule has 0 bridgehead atoms. The standard InChI is InChI=1S/C21H29N3O6/c1-20(2,3)29-18(26)24(19(27)30-21(4,5)6)16-8-7-12-13-10-28-11-14(13)17(25)22-9-15(12)23-16/h7-8,13-14H,9-11H2,1-6H3,(H,22,25). The summed E-state index contributed by atoms with van der Waals surface area (Å²) < 4.78 is 16.3. The number of rotatable bonds is 1. The van der Waals surface area contributed by atoms with Crippen LogP contribution in [0, 0.1) is 5.92 Å². The first-order valence-electron chi connectivity index (χ1n) is 9.97. The van der Waals surface area contributed by atoms with Gasteiger partial charge >= 0.3 is 12.2 Å². The SMILES string of the molecule is CC(C)(C)OC(=O)N(C(=O)OC(C)(C)C)c1ccc2c(n1)CNC(=O)C1COCC21. The minimum absolute atomic E-state index is 0.0730. The first-order chi connectivity index (χ1) is 13.9. The van der Waals surface area contributed by atoms with E-state index in [0.29, 0.717) is 18.9 Å². The number of imide groups is 1. The maximum atomic E-state index is 12.8. The number of aromatic nitrogens is 1. The van der Waals surface area contributed by atoms with E-state index in [1.807, 2.05) is 0 Å². The molecule has 0 radical (unpaired) electrons. The molecule has 1 N–H and O–H groups in total. The Morgan fingerprint density at radius 1 is 1.03 bits per heavy atom. The molecule has 30 heavy (non-hydrogen) atoms. The number of fused-ring (bicyclic) bond motifs is 3. The number of amides is 3. The van der Waals surface area contributed by atoms with Crippen LogP contribution in [0.1, 0.15) is 58.7 Å². The Morgan fingerprint density at radius 3 is 2.17 bits per heavy atom. The lowest BCUT2D eigenvalue weighted by atomic mass is 9.88. The van der Waals surface area contributed by atoms with Crippen molar-refractivity contribution in [3.8, 4) is 0 Å². The molecule has 3 rings (SSSR count). The van der Waals surface area contributed by atoms with Gasteiger partial charge in [0.1, 0.15) is 17.0 Å². The molecule has 3 amide bonds. The predicted octanol–water partition coefficient (Wildman–Crippen LogP) is 3.12. The predicted molar refractivity (Wildman–Crippen MR) is 108 cm³/mol. The maximum Gasteiger partial charge on any atom is 0.425 e. The summed E-state index contributed by atoms with van der Waals surface area (Å²) in [5, 5.41) is 2.84. The van der Waals surface area contributed by atoms with Crippen LogP contribution in [0.2, 0.25) is 0 Å². The molecular weight excluding hydrogens is 390 g/mol. The van der Waals surface area contributed by atoms with Gasteiger partial charge in [-0.3, -0.25) is 4.79 Å².